The molecule has 150 valence electrons. The molecule has 0 radical (unpaired) electrons. The number of aromatic nitrogens is 2. The second-order valence-corrected chi connectivity index (χ2v) is 6.01. The largest absolute Gasteiger partial charge is 0.497 e. The molecule has 0 saturated heterocycles. The summed E-state index contributed by atoms with van der Waals surface area (Å²) in [7, 11) is 3.10. The molecular formula is C20H18N2O7. The molecular weight excluding hydrogens is 380 g/mol. The molecule has 0 aliphatic carbocycles. The molecule has 2 heterocycles. The topological polar surface area (TPSA) is 102 Å². The number of hydrogen-bond acceptors (Lipinski definition) is 9. The Morgan fingerprint density at radius 3 is 2.66 bits per heavy atom. The summed E-state index contributed by atoms with van der Waals surface area (Å²) in [6, 6.07) is 10.1. The lowest BCUT2D eigenvalue weighted by atomic mass is 10.2. The minimum atomic E-state index is -0.538. The summed E-state index contributed by atoms with van der Waals surface area (Å²) in [5, 5.41) is 3.92. The molecule has 0 bridgehead atoms. The van der Waals surface area contributed by atoms with Crippen LogP contribution in [0.1, 0.15) is 16.2 Å². The third-order valence-electron chi connectivity index (χ3n) is 4.22. The van der Waals surface area contributed by atoms with Crippen LogP contribution in [0.2, 0.25) is 0 Å². The van der Waals surface area contributed by atoms with Crippen molar-refractivity contribution < 1.29 is 33.0 Å². The highest BCUT2D eigenvalue weighted by Gasteiger charge is 2.18. The standard InChI is InChI=1S/C20H18N2O7/c1-24-13-4-5-14(16(10-13)25-2)19-21-18(29-22-19)11-28-20(23)12-3-6-15-17(9-12)27-8-7-26-15/h3-6,9-10H,7-8,11H2,1-2H3. The van der Waals surface area contributed by atoms with Crippen LogP contribution in [0.15, 0.2) is 40.9 Å². The molecule has 0 amide bonds. The van der Waals surface area contributed by atoms with E-state index in [9.17, 15) is 4.79 Å². The highest BCUT2D eigenvalue weighted by Crippen LogP contribution is 2.32. The number of benzene rings is 2. The summed E-state index contributed by atoms with van der Waals surface area (Å²) < 4.78 is 31.9. The Morgan fingerprint density at radius 2 is 1.86 bits per heavy atom. The van der Waals surface area contributed by atoms with Crippen LogP contribution < -0.4 is 18.9 Å². The summed E-state index contributed by atoms with van der Waals surface area (Å²) in [6.07, 6.45) is 0. The lowest BCUT2D eigenvalue weighted by molar-refractivity contribution is 0.0429. The molecule has 4 rings (SSSR count). The zero-order chi connectivity index (χ0) is 20.2. The van der Waals surface area contributed by atoms with Crippen molar-refractivity contribution in [2.24, 2.45) is 0 Å². The van der Waals surface area contributed by atoms with Gasteiger partial charge in [0.1, 0.15) is 24.7 Å². The summed E-state index contributed by atoms with van der Waals surface area (Å²) in [6.45, 7) is 0.749. The Hall–Kier alpha value is -3.75. The van der Waals surface area contributed by atoms with Crippen LogP contribution >= 0.6 is 0 Å². The molecule has 0 spiro atoms. The fourth-order valence-corrected chi connectivity index (χ4v) is 2.79. The average molecular weight is 398 g/mol. The second-order valence-electron chi connectivity index (χ2n) is 6.01. The van der Waals surface area contributed by atoms with Crippen molar-refractivity contribution in [3.63, 3.8) is 0 Å². The van der Waals surface area contributed by atoms with E-state index < -0.39 is 5.97 Å². The van der Waals surface area contributed by atoms with Crippen molar-refractivity contribution in [1.82, 2.24) is 10.1 Å². The molecule has 0 N–H and O–H groups in total. The van der Waals surface area contributed by atoms with Gasteiger partial charge in [-0.25, -0.2) is 4.79 Å². The zero-order valence-corrected chi connectivity index (χ0v) is 15.8. The summed E-state index contributed by atoms with van der Waals surface area (Å²) >= 11 is 0. The van der Waals surface area contributed by atoms with E-state index in [1.807, 2.05) is 0 Å². The van der Waals surface area contributed by atoms with E-state index in [1.165, 1.54) is 7.11 Å². The Kier molecular flexibility index (Phi) is 5.19. The Balaban J connectivity index is 1.44. The van der Waals surface area contributed by atoms with E-state index in [0.29, 0.717) is 53.2 Å². The van der Waals surface area contributed by atoms with Gasteiger partial charge in [0.05, 0.1) is 25.3 Å². The van der Waals surface area contributed by atoms with Gasteiger partial charge in [-0.2, -0.15) is 4.98 Å². The second kappa shape index (κ2) is 8.09. The molecule has 9 heteroatoms. The zero-order valence-electron chi connectivity index (χ0n) is 15.8. The van der Waals surface area contributed by atoms with Gasteiger partial charge in [0.25, 0.3) is 5.89 Å². The van der Waals surface area contributed by atoms with E-state index in [-0.39, 0.29) is 12.5 Å². The molecule has 9 nitrogen and oxygen atoms in total. The van der Waals surface area contributed by atoms with Gasteiger partial charge in [-0.05, 0) is 30.3 Å². The maximum absolute atomic E-state index is 12.3. The van der Waals surface area contributed by atoms with Gasteiger partial charge in [-0.1, -0.05) is 5.16 Å². The molecule has 0 atom stereocenters. The first-order chi connectivity index (χ1) is 14.2. The van der Waals surface area contributed by atoms with Crippen LogP contribution in [-0.4, -0.2) is 43.5 Å². The van der Waals surface area contributed by atoms with Gasteiger partial charge in [-0.3, -0.25) is 0 Å². The molecule has 0 fully saturated rings. The number of esters is 1. The maximum Gasteiger partial charge on any atom is 0.338 e. The van der Waals surface area contributed by atoms with Gasteiger partial charge in [0.2, 0.25) is 5.82 Å². The van der Waals surface area contributed by atoms with Crippen LogP contribution in [0.5, 0.6) is 23.0 Å². The average Bonchev–Trinajstić information content (AvgIpc) is 3.25. The molecule has 1 aliphatic rings. The van der Waals surface area contributed by atoms with E-state index in [2.05, 4.69) is 10.1 Å². The van der Waals surface area contributed by atoms with Crippen molar-refractivity contribution in [1.29, 1.82) is 0 Å². The van der Waals surface area contributed by atoms with Crippen molar-refractivity contribution >= 4 is 5.97 Å². The smallest absolute Gasteiger partial charge is 0.338 e. The summed E-state index contributed by atoms with van der Waals surface area (Å²) in [4.78, 5) is 16.6. The number of fused-ring (bicyclic) bond motifs is 1. The number of carbonyl (C=O) groups is 1. The lowest BCUT2D eigenvalue weighted by Gasteiger charge is -2.18. The van der Waals surface area contributed by atoms with Gasteiger partial charge in [0, 0.05) is 6.07 Å². The first-order valence-corrected chi connectivity index (χ1v) is 8.79. The number of methoxy groups -OCH3 is 2. The number of hydrogen-bond donors (Lipinski definition) is 0. The van der Waals surface area contributed by atoms with Crippen molar-refractivity contribution in [3.05, 3.63) is 47.9 Å². The highest BCUT2D eigenvalue weighted by atomic mass is 16.6. The Labute approximate surface area is 166 Å². The third kappa shape index (κ3) is 3.93. The molecule has 3 aromatic rings. The van der Waals surface area contributed by atoms with Crippen molar-refractivity contribution in [3.8, 4) is 34.4 Å². The van der Waals surface area contributed by atoms with E-state index >= 15 is 0 Å². The van der Waals surface area contributed by atoms with Crippen LogP contribution in [0.4, 0.5) is 0 Å². The SMILES string of the molecule is COc1ccc(-c2noc(COC(=O)c3ccc4c(c3)OCCO4)n2)c(OC)c1. The van der Waals surface area contributed by atoms with E-state index in [1.54, 1.807) is 43.5 Å². The number of ether oxygens (including phenoxy) is 5. The number of carbonyl (C=O) groups excluding carboxylic acids is 1. The van der Waals surface area contributed by atoms with Crippen LogP contribution in [0.3, 0.4) is 0 Å². The summed E-state index contributed by atoms with van der Waals surface area (Å²) in [5.74, 6) is 2.22. The van der Waals surface area contributed by atoms with E-state index in [0.717, 1.165) is 0 Å². The van der Waals surface area contributed by atoms with Crippen molar-refractivity contribution in [2.75, 3.05) is 27.4 Å². The third-order valence-corrected chi connectivity index (χ3v) is 4.22. The number of rotatable bonds is 6. The molecule has 29 heavy (non-hydrogen) atoms. The fourth-order valence-electron chi connectivity index (χ4n) is 2.79. The van der Waals surface area contributed by atoms with Crippen molar-refractivity contribution in [2.45, 2.75) is 6.61 Å². The highest BCUT2D eigenvalue weighted by molar-refractivity contribution is 5.90. The molecule has 1 aromatic heterocycles. The van der Waals surface area contributed by atoms with Gasteiger partial charge < -0.3 is 28.2 Å². The monoisotopic (exact) mass is 398 g/mol. The van der Waals surface area contributed by atoms with Crippen LogP contribution in [-0.2, 0) is 11.3 Å². The van der Waals surface area contributed by atoms with E-state index in [4.69, 9.17) is 28.2 Å². The minimum Gasteiger partial charge on any atom is -0.497 e. The maximum atomic E-state index is 12.3. The first-order valence-electron chi connectivity index (χ1n) is 8.79. The minimum absolute atomic E-state index is 0.156. The van der Waals surface area contributed by atoms with Crippen LogP contribution in [0.25, 0.3) is 11.4 Å². The Morgan fingerprint density at radius 1 is 1.03 bits per heavy atom. The normalized spacial score (nSPS) is 12.3. The quantitative estimate of drug-likeness (QED) is 0.580. The summed E-state index contributed by atoms with van der Waals surface area (Å²) in [5.41, 5.74) is 0.965. The molecule has 0 unspecified atom stereocenters. The first kappa shape index (κ1) is 18.6. The Bertz CT molecular complexity index is 1030. The molecule has 2 aromatic carbocycles. The predicted molar refractivity (Wildman–Crippen MR) is 99.4 cm³/mol. The van der Waals surface area contributed by atoms with Gasteiger partial charge in [0.15, 0.2) is 18.1 Å². The number of nitrogens with zero attached hydrogens (tertiary/aromatic N) is 2. The van der Waals surface area contributed by atoms with Gasteiger partial charge >= 0.3 is 5.97 Å². The molecule has 0 saturated carbocycles. The predicted octanol–water partition coefficient (Wildman–Crippen LogP) is 2.88. The van der Waals surface area contributed by atoms with Crippen LogP contribution in [0, 0.1) is 0 Å². The van der Waals surface area contributed by atoms with Gasteiger partial charge in [-0.15, -0.1) is 0 Å². The lowest BCUT2D eigenvalue weighted by Crippen LogP contribution is -2.16. The molecule has 1 aliphatic heterocycles. The fraction of sp³-hybridized carbons (Fsp3) is 0.250.